The maximum Gasteiger partial charge on any atom is 0.573 e. The van der Waals surface area contributed by atoms with E-state index in [0.29, 0.717) is 16.7 Å². The van der Waals surface area contributed by atoms with E-state index in [0.717, 1.165) is 29.2 Å². The van der Waals surface area contributed by atoms with Gasteiger partial charge in [0.25, 0.3) is 0 Å². The fourth-order valence-electron chi connectivity index (χ4n) is 3.98. The second-order valence-corrected chi connectivity index (χ2v) is 9.70. The molecule has 0 aliphatic rings. The minimum absolute atomic E-state index is 0.0173. The van der Waals surface area contributed by atoms with E-state index in [1.54, 1.807) is 6.07 Å². The highest BCUT2D eigenvalue weighted by atomic mass is 35.5. The van der Waals surface area contributed by atoms with Crippen LogP contribution in [0.5, 0.6) is 5.75 Å². The lowest BCUT2D eigenvalue weighted by molar-refractivity contribution is -0.274. The van der Waals surface area contributed by atoms with Gasteiger partial charge in [-0.05, 0) is 70.7 Å². The van der Waals surface area contributed by atoms with Crippen molar-refractivity contribution in [3.63, 3.8) is 0 Å². The van der Waals surface area contributed by atoms with Crippen LogP contribution in [0.2, 0.25) is 5.02 Å². The Kier molecular flexibility index (Phi) is 7.35. The van der Waals surface area contributed by atoms with E-state index < -0.39 is 35.1 Å². The number of halogens is 7. The Morgan fingerprint density at radius 2 is 1.66 bits per heavy atom. The van der Waals surface area contributed by atoms with Crippen molar-refractivity contribution >= 4 is 22.7 Å². The van der Waals surface area contributed by atoms with Gasteiger partial charge in [-0.25, -0.2) is 9.67 Å². The van der Waals surface area contributed by atoms with Crippen LogP contribution in [-0.4, -0.2) is 39.7 Å². The summed E-state index contributed by atoms with van der Waals surface area (Å²) < 4.78 is 107. The van der Waals surface area contributed by atoms with Crippen molar-refractivity contribution in [2.75, 3.05) is 0 Å². The number of hydrogen-bond acceptors (Lipinski definition) is 6. The van der Waals surface area contributed by atoms with Crippen LogP contribution in [0.1, 0.15) is 5.69 Å². The van der Waals surface area contributed by atoms with Crippen molar-refractivity contribution in [3.05, 3.63) is 90.1 Å². The lowest BCUT2D eigenvalue weighted by Crippen LogP contribution is -2.16. The fourth-order valence-corrected chi connectivity index (χ4v) is 4.70. The van der Waals surface area contributed by atoms with Gasteiger partial charge in [0.05, 0.1) is 34.6 Å². The molecule has 0 radical (unpaired) electrons. The van der Waals surface area contributed by atoms with Crippen LogP contribution >= 0.6 is 11.6 Å². The van der Waals surface area contributed by atoms with Gasteiger partial charge < -0.3 is 13.9 Å². The van der Waals surface area contributed by atoms with E-state index in [2.05, 4.69) is 20.0 Å². The molecule has 16 heteroatoms. The highest BCUT2D eigenvalue weighted by Gasteiger charge is 2.34. The van der Waals surface area contributed by atoms with Gasteiger partial charge in [0.1, 0.15) is 5.75 Å². The third-order valence-corrected chi connectivity index (χ3v) is 6.62. The zero-order valence-corrected chi connectivity index (χ0v) is 21.6. The molecule has 0 aliphatic heterocycles. The summed E-state index contributed by atoms with van der Waals surface area (Å²) in [5.74, 6) is -0.472. The smallest absolute Gasteiger partial charge is 0.573 e. The summed E-state index contributed by atoms with van der Waals surface area (Å²) in [6.07, 6.45) is -6.71. The van der Waals surface area contributed by atoms with E-state index >= 15 is 0 Å². The van der Waals surface area contributed by atoms with Gasteiger partial charge >= 0.3 is 12.5 Å². The first-order valence-corrected chi connectivity index (χ1v) is 12.7. The molecule has 2 aromatic heterocycles. The molecular formula is C25H13ClF6N5O3S-. The molecule has 41 heavy (non-hydrogen) atoms. The summed E-state index contributed by atoms with van der Waals surface area (Å²) in [7, 11) is 0. The highest BCUT2D eigenvalue weighted by molar-refractivity contribution is 7.79. The lowest BCUT2D eigenvalue weighted by Gasteiger charge is -2.17. The predicted octanol–water partition coefficient (Wildman–Crippen LogP) is 6.60. The molecule has 1 unspecified atom stereocenters. The Labute approximate surface area is 234 Å². The second kappa shape index (κ2) is 10.6. The van der Waals surface area contributed by atoms with Crippen molar-refractivity contribution in [2.24, 2.45) is 0 Å². The van der Waals surface area contributed by atoms with Gasteiger partial charge in [-0.1, -0.05) is 28.9 Å². The second-order valence-electron chi connectivity index (χ2n) is 8.36. The zero-order valence-electron chi connectivity index (χ0n) is 20.0. The monoisotopic (exact) mass is 612 g/mol. The lowest BCUT2D eigenvalue weighted by atomic mass is 10.0. The molecule has 1 atom stereocenters. The molecule has 0 fully saturated rings. The molecule has 0 bridgehead atoms. The molecule has 0 saturated carbocycles. The standard InChI is InChI=1S/C25H14ClF6N5O3S/c26-19-9-16(15-2-1-3-18(8-15)41(38)39)10-20(23(19)36-12-22(33-13-36)24(27,28)29)37-21(11-34-35-37)14-4-6-17(7-5-14)40-25(30,31)32/h1-13H,(H,38,39)/p-1. The number of benzene rings is 3. The van der Waals surface area contributed by atoms with Crippen LogP contribution in [0.25, 0.3) is 33.8 Å². The average molecular weight is 613 g/mol. The normalized spacial score (nSPS) is 12.9. The van der Waals surface area contributed by atoms with Gasteiger partial charge in [0, 0.05) is 16.7 Å². The summed E-state index contributed by atoms with van der Waals surface area (Å²) in [6, 6.07) is 13.6. The van der Waals surface area contributed by atoms with E-state index in [1.807, 2.05) is 0 Å². The number of alkyl halides is 6. The largest absolute Gasteiger partial charge is 0.768 e. The Hall–Kier alpha value is -4.21. The van der Waals surface area contributed by atoms with Gasteiger partial charge in [-0.15, -0.1) is 18.3 Å². The Morgan fingerprint density at radius 1 is 0.927 bits per heavy atom. The van der Waals surface area contributed by atoms with Gasteiger partial charge in [-0.2, -0.15) is 13.2 Å². The number of imidazole rings is 1. The van der Waals surface area contributed by atoms with Crippen LogP contribution < -0.4 is 4.74 Å². The molecular weight excluding hydrogens is 600 g/mol. The summed E-state index contributed by atoms with van der Waals surface area (Å²) in [5, 5.41) is 7.88. The summed E-state index contributed by atoms with van der Waals surface area (Å²) in [6.45, 7) is 0. The number of hydrogen-bond donors (Lipinski definition) is 0. The quantitative estimate of drug-likeness (QED) is 0.158. The highest BCUT2D eigenvalue weighted by Crippen LogP contribution is 2.37. The maximum atomic E-state index is 13.3. The SMILES string of the molecule is O=S([O-])c1cccc(-c2cc(Cl)c(-n3cnc(C(F)(F)F)c3)c(-n3nncc3-c3ccc(OC(F)(F)F)cc3)c2)c1. The number of ether oxygens (including phenoxy) is 1. The van der Waals surface area contributed by atoms with Crippen molar-refractivity contribution in [1.82, 2.24) is 24.5 Å². The maximum absolute atomic E-state index is 13.3. The third-order valence-electron chi connectivity index (χ3n) is 5.70. The molecule has 0 spiro atoms. The van der Waals surface area contributed by atoms with E-state index in [-0.39, 0.29) is 27.0 Å². The minimum atomic E-state index is -4.90. The van der Waals surface area contributed by atoms with Crippen molar-refractivity contribution < 1.29 is 39.8 Å². The van der Waals surface area contributed by atoms with E-state index in [9.17, 15) is 35.1 Å². The van der Waals surface area contributed by atoms with E-state index in [1.165, 1.54) is 53.3 Å². The Bertz CT molecular complexity index is 1750. The number of aromatic nitrogens is 5. The van der Waals surface area contributed by atoms with Gasteiger partial charge in [0.2, 0.25) is 0 Å². The molecule has 5 rings (SSSR count). The molecule has 0 aliphatic carbocycles. The van der Waals surface area contributed by atoms with Gasteiger partial charge in [-0.3, -0.25) is 4.21 Å². The summed E-state index contributed by atoms with van der Waals surface area (Å²) >= 11 is 4.07. The molecule has 212 valence electrons. The summed E-state index contributed by atoms with van der Waals surface area (Å²) in [4.78, 5) is 3.40. The van der Waals surface area contributed by atoms with Crippen LogP contribution in [0, 0.1) is 0 Å². The Balaban J connectivity index is 1.69. The first-order valence-electron chi connectivity index (χ1n) is 11.2. The Morgan fingerprint density at radius 3 is 2.29 bits per heavy atom. The molecule has 3 aromatic carbocycles. The van der Waals surface area contributed by atoms with Crippen molar-refractivity contribution in [3.8, 4) is 39.5 Å². The van der Waals surface area contributed by atoms with Crippen molar-refractivity contribution in [2.45, 2.75) is 17.4 Å². The minimum Gasteiger partial charge on any atom is -0.768 e. The molecule has 2 heterocycles. The van der Waals surface area contributed by atoms with Gasteiger partial charge in [0.15, 0.2) is 5.69 Å². The number of rotatable bonds is 6. The first kappa shape index (κ1) is 28.3. The van der Waals surface area contributed by atoms with Crippen LogP contribution in [0.15, 0.2) is 84.3 Å². The van der Waals surface area contributed by atoms with Crippen molar-refractivity contribution in [1.29, 1.82) is 0 Å². The topological polar surface area (TPSA) is 97.9 Å². The van der Waals surface area contributed by atoms with Crippen LogP contribution in [0.4, 0.5) is 26.3 Å². The first-order chi connectivity index (χ1) is 19.3. The molecule has 5 aromatic rings. The molecule has 8 nitrogen and oxygen atoms in total. The average Bonchev–Trinajstić information content (AvgIpc) is 3.58. The molecule has 0 saturated heterocycles. The van der Waals surface area contributed by atoms with Crippen LogP contribution in [-0.2, 0) is 17.3 Å². The zero-order chi connectivity index (χ0) is 29.5. The van der Waals surface area contributed by atoms with Crippen LogP contribution in [0.3, 0.4) is 0 Å². The molecule has 0 N–H and O–H groups in total. The third kappa shape index (κ3) is 6.11. The fraction of sp³-hybridized carbons (Fsp3) is 0.0800. The van der Waals surface area contributed by atoms with E-state index in [4.69, 9.17) is 11.6 Å². The molecule has 0 amide bonds. The summed E-state index contributed by atoms with van der Waals surface area (Å²) in [5.41, 5.74) is 0.311. The predicted molar refractivity (Wildman–Crippen MR) is 133 cm³/mol. The number of nitrogens with zero attached hydrogens (tertiary/aromatic N) is 5.